The first-order valence-corrected chi connectivity index (χ1v) is 6.17. The molecule has 2 nitrogen and oxygen atoms in total. The summed E-state index contributed by atoms with van der Waals surface area (Å²) in [5.74, 6) is -0.512. The number of carbonyl (C=O) groups is 1. The fourth-order valence-electron chi connectivity index (χ4n) is 2.70. The van der Waals surface area contributed by atoms with Gasteiger partial charge in [-0.05, 0) is 37.3 Å². The Bertz CT molecular complexity index is 446. The number of hydrogen-bond donors (Lipinski definition) is 1. The summed E-state index contributed by atoms with van der Waals surface area (Å²) in [6.07, 6.45) is 5.71. The van der Waals surface area contributed by atoms with Gasteiger partial charge in [0, 0.05) is 12.0 Å². The van der Waals surface area contributed by atoms with Crippen molar-refractivity contribution in [1.29, 1.82) is 0 Å². The molecule has 0 saturated heterocycles. The predicted octanol–water partition coefficient (Wildman–Crippen LogP) is 3.66. The van der Waals surface area contributed by atoms with Crippen LogP contribution in [-0.2, 0) is 4.79 Å². The summed E-state index contributed by atoms with van der Waals surface area (Å²) in [6, 6.07) is 8.29. The van der Waals surface area contributed by atoms with Crippen molar-refractivity contribution in [3.63, 3.8) is 0 Å². The lowest BCUT2D eigenvalue weighted by Gasteiger charge is -2.26. The first-order valence-electron chi connectivity index (χ1n) is 6.17. The highest BCUT2D eigenvalue weighted by Crippen LogP contribution is 2.38. The van der Waals surface area contributed by atoms with E-state index in [0.29, 0.717) is 5.92 Å². The zero-order valence-corrected chi connectivity index (χ0v) is 10.1. The van der Waals surface area contributed by atoms with Gasteiger partial charge in [0.25, 0.3) is 0 Å². The van der Waals surface area contributed by atoms with Gasteiger partial charge in [0.2, 0.25) is 0 Å². The van der Waals surface area contributed by atoms with E-state index < -0.39 is 5.97 Å². The lowest BCUT2D eigenvalue weighted by molar-refractivity contribution is -0.131. The van der Waals surface area contributed by atoms with Crippen molar-refractivity contribution in [3.8, 4) is 0 Å². The predicted molar refractivity (Wildman–Crippen MR) is 68.1 cm³/mol. The molecule has 1 aromatic carbocycles. The molecule has 1 N–H and O–H groups in total. The van der Waals surface area contributed by atoms with E-state index in [-0.39, 0.29) is 0 Å². The SMILES string of the molecule is Cc1ccccc1C1CCCC/C1=C\C(=O)O. The van der Waals surface area contributed by atoms with Gasteiger partial charge < -0.3 is 5.11 Å². The Hall–Kier alpha value is -1.57. The molecule has 1 fully saturated rings. The first kappa shape index (κ1) is 11.9. The van der Waals surface area contributed by atoms with Crippen molar-refractivity contribution >= 4 is 5.97 Å². The third-order valence-corrected chi connectivity index (χ3v) is 3.53. The molecule has 0 spiro atoms. The van der Waals surface area contributed by atoms with Gasteiger partial charge >= 0.3 is 5.97 Å². The smallest absolute Gasteiger partial charge is 0.328 e. The standard InChI is InChI=1S/C15H18O2/c1-11-6-2-4-8-13(11)14-9-5-3-7-12(14)10-15(16)17/h2,4,6,8,10,14H,3,5,7,9H2,1H3,(H,16,17)/b12-10+. The zero-order chi connectivity index (χ0) is 12.3. The minimum Gasteiger partial charge on any atom is -0.478 e. The molecule has 90 valence electrons. The van der Waals surface area contributed by atoms with Crippen molar-refractivity contribution in [2.75, 3.05) is 0 Å². The topological polar surface area (TPSA) is 37.3 Å². The van der Waals surface area contributed by atoms with E-state index >= 15 is 0 Å². The molecule has 0 heterocycles. The molecule has 1 aliphatic rings. The van der Waals surface area contributed by atoms with E-state index in [1.54, 1.807) is 0 Å². The van der Waals surface area contributed by atoms with Crippen LogP contribution in [0.1, 0.15) is 42.7 Å². The summed E-state index contributed by atoms with van der Waals surface area (Å²) in [6.45, 7) is 2.10. The van der Waals surface area contributed by atoms with Gasteiger partial charge in [0.05, 0.1) is 0 Å². The molecule has 1 aromatic rings. The van der Waals surface area contributed by atoms with Crippen molar-refractivity contribution in [2.24, 2.45) is 0 Å². The highest BCUT2D eigenvalue weighted by atomic mass is 16.4. The Kier molecular flexibility index (Phi) is 3.62. The van der Waals surface area contributed by atoms with Gasteiger partial charge in [-0.3, -0.25) is 0 Å². The minimum absolute atomic E-state index is 0.307. The Morgan fingerprint density at radius 2 is 2.12 bits per heavy atom. The molecule has 1 saturated carbocycles. The first-order chi connectivity index (χ1) is 8.18. The van der Waals surface area contributed by atoms with Crippen LogP contribution in [0.2, 0.25) is 0 Å². The number of allylic oxidation sites excluding steroid dienone is 1. The lowest BCUT2D eigenvalue weighted by Crippen LogP contribution is -2.11. The summed E-state index contributed by atoms with van der Waals surface area (Å²) in [5.41, 5.74) is 3.63. The van der Waals surface area contributed by atoms with Gasteiger partial charge in [-0.2, -0.15) is 0 Å². The molecule has 17 heavy (non-hydrogen) atoms. The molecule has 1 aliphatic carbocycles. The van der Waals surface area contributed by atoms with Crippen LogP contribution in [0.4, 0.5) is 0 Å². The number of benzene rings is 1. The monoisotopic (exact) mass is 230 g/mol. The maximum atomic E-state index is 10.9. The number of rotatable bonds is 2. The third-order valence-electron chi connectivity index (χ3n) is 3.53. The molecular formula is C15H18O2. The van der Waals surface area contributed by atoms with Gasteiger partial charge in [0.15, 0.2) is 0 Å². The summed E-state index contributed by atoms with van der Waals surface area (Å²) in [7, 11) is 0. The highest BCUT2D eigenvalue weighted by molar-refractivity contribution is 5.81. The summed E-state index contributed by atoms with van der Waals surface area (Å²) < 4.78 is 0. The van der Waals surface area contributed by atoms with Crippen LogP contribution in [0.5, 0.6) is 0 Å². The van der Waals surface area contributed by atoms with Crippen LogP contribution < -0.4 is 0 Å². The molecule has 1 atom stereocenters. The van der Waals surface area contributed by atoms with Crippen LogP contribution >= 0.6 is 0 Å². The Morgan fingerprint density at radius 1 is 1.35 bits per heavy atom. The van der Waals surface area contributed by atoms with Crippen LogP contribution in [-0.4, -0.2) is 11.1 Å². The maximum absolute atomic E-state index is 10.9. The molecular weight excluding hydrogens is 212 g/mol. The minimum atomic E-state index is -0.819. The van der Waals surface area contributed by atoms with E-state index in [9.17, 15) is 4.79 Å². The van der Waals surface area contributed by atoms with Gasteiger partial charge in [0.1, 0.15) is 0 Å². The molecule has 0 radical (unpaired) electrons. The van der Waals surface area contributed by atoms with Crippen LogP contribution in [0, 0.1) is 6.92 Å². The molecule has 0 bridgehead atoms. The Balaban J connectivity index is 2.35. The van der Waals surface area contributed by atoms with Crippen molar-refractivity contribution in [3.05, 3.63) is 47.0 Å². The second kappa shape index (κ2) is 5.17. The molecule has 1 unspecified atom stereocenters. The molecule has 0 aromatic heterocycles. The number of carboxylic acid groups (broad SMARTS) is 1. The van der Waals surface area contributed by atoms with Gasteiger partial charge in [-0.15, -0.1) is 0 Å². The van der Waals surface area contributed by atoms with E-state index in [2.05, 4.69) is 19.1 Å². The Morgan fingerprint density at radius 3 is 2.82 bits per heavy atom. The fraction of sp³-hybridized carbons (Fsp3) is 0.400. The molecule has 0 aliphatic heterocycles. The fourth-order valence-corrected chi connectivity index (χ4v) is 2.70. The average molecular weight is 230 g/mol. The number of aryl methyl sites for hydroxylation is 1. The number of aliphatic carboxylic acids is 1. The van der Waals surface area contributed by atoms with Crippen LogP contribution in [0.3, 0.4) is 0 Å². The van der Waals surface area contributed by atoms with Crippen LogP contribution in [0.25, 0.3) is 0 Å². The second-order valence-corrected chi connectivity index (χ2v) is 4.71. The average Bonchev–Trinajstić information content (AvgIpc) is 2.30. The lowest BCUT2D eigenvalue weighted by atomic mass is 9.78. The van der Waals surface area contributed by atoms with Crippen molar-refractivity contribution in [1.82, 2.24) is 0 Å². The van der Waals surface area contributed by atoms with E-state index in [0.717, 1.165) is 24.8 Å². The van der Waals surface area contributed by atoms with Gasteiger partial charge in [-0.25, -0.2) is 4.79 Å². The molecule has 0 amide bonds. The van der Waals surface area contributed by atoms with Crippen molar-refractivity contribution < 1.29 is 9.90 Å². The zero-order valence-electron chi connectivity index (χ0n) is 10.1. The normalized spacial score (nSPS) is 22.6. The summed E-state index contributed by atoms with van der Waals surface area (Å²) in [5, 5.41) is 8.92. The van der Waals surface area contributed by atoms with Crippen molar-refractivity contribution in [2.45, 2.75) is 38.5 Å². The third kappa shape index (κ3) is 2.76. The van der Waals surface area contributed by atoms with E-state index in [4.69, 9.17) is 5.11 Å². The highest BCUT2D eigenvalue weighted by Gasteiger charge is 2.22. The Labute approximate surface area is 102 Å². The molecule has 2 rings (SSSR count). The largest absolute Gasteiger partial charge is 0.478 e. The van der Waals surface area contributed by atoms with Crippen LogP contribution in [0.15, 0.2) is 35.9 Å². The summed E-state index contributed by atoms with van der Waals surface area (Å²) >= 11 is 0. The quantitative estimate of drug-likeness (QED) is 0.787. The number of carboxylic acids is 1. The van der Waals surface area contributed by atoms with Gasteiger partial charge in [-0.1, -0.05) is 36.3 Å². The van der Waals surface area contributed by atoms with E-state index in [1.807, 2.05) is 12.1 Å². The second-order valence-electron chi connectivity index (χ2n) is 4.71. The van der Waals surface area contributed by atoms with E-state index in [1.165, 1.54) is 23.6 Å². The maximum Gasteiger partial charge on any atom is 0.328 e. The summed E-state index contributed by atoms with van der Waals surface area (Å²) in [4.78, 5) is 10.9. The molecule has 2 heteroatoms. The number of hydrogen-bond acceptors (Lipinski definition) is 1.